The summed E-state index contributed by atoms with van der Waals surface area (Å²) in [7, 11) is 0. The molecular formula is C30H31F6N5O4. The first-order valence-electron chi connectivity index (χ1n) is 13.9. The van der Waals surface area contributed by atoms with Crippen molar-refractivity contribution in [1.82, 2.24) is 15.6 Å². The van der Waals surface area contributed by atoms with Gasteiger partial charge < -0.3 is 31.2 Å². The van der Waals surface area contributed by atoms with Gasteiger partial charge in [0.25, 0.3) is 0 Å². The number of nitrogens with zero attached hydrogens (tertiary/aromatic N) is 1. The van der Waals surface area contributed by atoms with Gasteiger partial charge in [-0.15, -0.1) is 0 Å². The lowest BCUT2D eigenvalue weighted by molar-refractivity contribution is -0.124. The zero-order valence-electron chi connectivity index (χ0n) is 23.8. The molecule has 0 bridgehead atoms. The summed E-state index contributed by atoms with van der Waals surface area (Å²) >= 11 is 0. The Bertz CT molecular complexity index is 1390. The summed E-state index contributed by atoms with van der Waals surface area (Å²) in [6, 6.07) is 9.09. The Hall–Kier alpha value is -4.21. The minimum atomic E-state index is -4.56. The van der Waals surface area contributed by atoms with Crippen molar-refractivity contribution >= 4 is 17.7 Å². The van der Waals surface area contributed by atoms with E-state index in [1.54, 1.807) is 5.32 Å². The predicted octanol–water partition coefficient (Wildman–Crippen LogP) is 4.17. The molecular weight excluding hydrogens is 608 g/mol. The van der Waals surface area contributed by atoms with Gasteiger partial charge in [-0.3, -0.25) is 9.78 Å². The molecule has 3 aromatic rings. The van der Waals surface area contributed by atoms with E-state index < -0.39 is 60.2 Å². The molecule has 1 aliphatic rings. The Morgan fingerprint density at radius 1 is 1.02 bits per heavy atom. The number of benzene rings is 2. The van der Waals surface area contributed by atoms with E-state index in [0.717, 1.165) is 6.20 Å². The first-order valence-corrected chi connectivity index (χ1v) is 13.9. The summed E-state index contributed by atoms with van der Waals surface area (Å²) in [6.45, 7) is -1.36. The van der Waals surface area contributed by atoms with Crippen LogP contribution in [-0.2, 0) is 20.7 Å². The third-order valence-corrected chi connectivity index (χ3v) is 7.12. The first-order chi connectivity index (χ1) is 21.4. The number of ether oxygens (including phenoxy) is 2. The van der Waals surface area contributed by atoms with E-state index in [2.05, 4.69) is 15.6 Å². The van der Waals surface area contributed by atoms with Gasteiger partial charge in [0.15, 0.2) is 0 Å². The van der Waals surface area contributed by atoms with Gasteiger partial charge in [0.05, 0.1) is 42.9 Å². The smallest absolute Gasteiger partial charge is 0.407 e. The second kappa shape index (κ2) is 15.2. The molecule has 45 heavy (non-hydrogen) atoms. The fourth-order valence-corrected chi connectivity index (χ4v) is 4.80. The van der Waals surface area contributed by atoms with E-state index in [9.17, 15) is 35.9 Å². The van der Waals surface area contributed by atoms with Crippen LogP contribution in [0.15, 0.2) is 60.9 Å². The van der Waals surface area contributed by atoms with Crippen molar-refractivity contribution in [3.63, 3.8) is 0 Å². The Balaban J connectivity index is 1.35. The highest BCUT2D eigenvalue weighted by Crippen LogP contribution is 2.29. The minimum Gasteiger partial charge on any atom is -0.448 e. The van der Waals surface area contributed by atoms with Crippen LogP contribution in [0, 0.1) is 17.5 Å². The van der Waals surface area contributed by atoms with Gasteiger partial charge in [0, 0.05) is 18.0 Å². The second-order valence-corrected chi connectivity index (χ2v) is 10.4. The number of nitrogens with one attached hydrogen (secondary N) is 3. The molecule has 1 saturated heterocycles. The van der Waals surface area contributed by atoms with E-state index in [4.69, 9.17) is 15.2 Å². The quantitative estimate of drug-likeness (QED) is 0.232. The van der Waals surface area contributed by atoms with Gasteiger partial charge in [-0.2, -0.15) is 13.2 Å². The van der Waals surface area contributed by atoms with Crippen LogP contribution in [0.5, 0.6) is 0 Å². The van der Waals surface area contributed by atoms with Crippen molar-refractivity contribution in [3.8, 4) is 0 Å². The lowest BCUT2D eigenvalue weighted by atomic mass is 9.85. The molecule has 1 aliphatic heterocycles. The number of pyridine rings is 1. The molecule has 4 rings (SSSR count). The number of aromatic nitrogens is 1. The van der Waals surface area contributed by atoms with Gasteiger partial charge in [0.2, 0.25) is 5.91 Å². The molecule has 0 unspecified atom stereocenters. The SMILES string of the molecule is N[C@H](C(=O)Nc1cncc(F)c1CC[C@@H]1CN[C@H](COC(=O)NCC(F)(F)F)CO1)C(c1ccc(F)cc1)c1ccc(F)cc1. The fourth-order valence-electron chi connectivity index (χ4n) is 4.80. The predicted molar refractivity (Wildman–Crippen MR) is 151 cm³/mol. The number of alkyl halides is 3. The molecule has 9 nitrogen and oxygen atoms in total. The molecule has 5 N–H and O–H groups in total. The fraction of sp³-hybridized carbons (Fsp3) is 0.367. The normalized spacial score (nSPS) is 17.5. The van der Waals surface area contributed by atoms with Crippen LogP contribution in [-0.4, -0.2) is 67.7 Å². The summed E-state index contributed by atoms with van der Waals surface area (Å²) in [5.41, 5.74) is 7.66. The Labute approximate surface area is 254 Å². The number of carbonyl (C=O) groups excluding carboxylic acids is 2. The third-order valence-electron chi connectivity index (χ3n) is 7.12. The van der Waals surface area contributed by atoms with Crippen LogP contribution in [0.25, 0.3) is 0 Å². The number of anilines is 1. The zero-order chi connectivity index (χ0) is 32.6. The van der Waals surface area contributed by atoms with Crippen LogP contribution in [0.2, 0.25) is 0 Å². The Kier molecular flexibility index (Phi) is 11.4. The molecule has 0 saturated carbocycles. The number of hydrogen-bond donors (Lipinski definition) is 4. The van der Waals surface area contributed by atoms with Crippen molar-refractivity contribution in [3.05, 3.63) is 95.1 Å². The Morgan fingerprint density at radius 2 is 1.64 bits per heavy atom. The molecule has 242 valence electrons. The molecule has 15 heteroatoms. The van der Waals surface area contributed by atoms with Crippen LogP contribution in [0.1, 0.15) is 29.0 Å². The summed E-state index contributed by atoms with van der Waals surface area (Å²) in [5.74, 6) is -3.11. The van der Waals surface area contributed by atoms with Crippen LogP contribution in [0.4, 0.5) is 36.8 Å². The van der Waals surface area contributed by atoms with Crippen LogP contribution in [0.3, 0.4) is 0 Å². The number of carbonyl (C=O) groups is 2. The first kappa shape index (κ1) is 33.7. The highest BCUT2D eigenvalue weighted by atomic mass is 19.4. The highest BCUT2D eigenvalue weighted by molar-refractivity contribution is 5.96. The van der Waals surface area contributed by atoms with Crippen molar-refractivity contribution < 1.29 is 45.4 Å². The van der Waals surface area contributed by atoms with E-state index in [1.165, 1.54) is 54.7 Å². The summed E-state index contributed by atoms with van der Waals surface area (Å²) in [5, 5.41) is 7.31. The van der Waals surface area contributed by atoms with Crippen LogP contribution < -0.4 is 21.7 Å². The maximum atomic E-state index is 14.9. The van der Waals surface area contributed by atoms with E-state index in [0.29, 0.717) is 17.5 Å². The van der Waals surface area contributed by atoms with Gasteiger partial charge in [-0.1, -0.05) is 24.3 Å². The number of nitrogens with two attached hydrogens (primary N) is 1. The average Bonchev–Trinajstić information content (AvgIpc) is 3.01. The maximum absolute atomic E-state index is 14.9. The second-order valence-electron chi connectivity index (χ2n) is 10.4. The monoisotopic (exact) mass is 639 g/mol. The van der Waals surface area contributed by atoms with Gasteiger partial charge in [-0.05, 0) is 48.2 Å². The van der Waals surface area contributed by atoms with Gasteiger partial charge in [0.1, 0.15) is 30.6 Å². The maximum Gasteiger partial charge on any atom is 0.407 e. The Morgan fingerprint density at radius 3 is 2.20 bits per heavy atom. The number of halogens is 6. The topological polar surface area (TPSA) is 128 Å². The summed E-state index contributed by atoms with van der Waals surface area (Å²) < 4.78 is 89.3. The van der Waals surface area contributed by atoms with Crippen LogP contribution >= 0.6 is 0 Å². The number of morpholine rings is 1. The molecule has 2 amide bonds. The number of hydrogen-bond acceptors (Lipinski definition) is 7. The largest absolute Gasteiger partial charge is 0.448 e. The standard InChI is InChI=1S/C30H31F6N5O4/c31-19-5-1-17(2-6-19)26(18-3-7-20(32)8-4-18)27(37)28(42)41-25-13-38-12-24(33)23(25)10-9-22-11-39-21(14-44-22)15-45-29(43)40-16-30(34,35)36/h1-8,12-13,21-22,26-27,39H,9-11,14-16,37H2,(H,40,43)(H,41,42)/t21-,22+,27-/m0/s1. The van der Waals surface area contributed by atoms with Crippen molar-refractivity contribution in [1.29, 1.82) is 0 Å². The molecule has 0 aliphatic carbocycles. The molecule has 0 radical (unpaired) electrons. The zero-order valence-corrected chi connectivity index (χ0v) is 23.8. The summed E-state index contributed by atoms with van der Waals surface area (Å²) in [6.07, 6.45) is -3.42. The highest BCUT2D eigenvalue weighted by Gasteiger charge is 2.30. The number of rotatable bonds is 11. The van der Waals surface area contributed by atoms with Crippen molar-refractivity contribution in [2.45, 2.75) is 43.1 Å². The molecule has 3 atom stereocenters. The number of amides is 2. The van der Waals surface area contributed by atoms with E-state index in [1.807, 2.05) is 0 Å². The lowest BCUT2D eigenvalue weighted by Gasteiger charge is -2.30. The number of alkyl carbamates (subject to hydrolysis) is 1. The minimum absolute atomic E-state index is 0.0860. The van der Waals surface area contributed by atoms with Gasteiger partial charge >= 0.3 is 12.3 Å². The van der Waals surface area contributed by atoms with E-state index in [-0.39, 0.29) is 43.5 Å². The van der Waals surface area contributed by atoms with Crippen molar-refractivity contribution in [2.24, 2.45) is 5.73 Å². The third kappa shape index (κ3) is 9.89. The molecule has 1 fully saturated rings. The average molecular weight is 640 g/mol. The molecule has 0 spiro atoms. The van der Waals surface area contributed by atoms with Crippen molar-refractivity contribution in [2.75, 3.05) is 31.6 Å². The lowest BCUT2D eigenvalue weighted by Crippen LogP contribution is -2.49. The van der Waals surface area contributed by atoms with E-state index >= 15 is 0 Å². The molecule has 2 heterocycles. The van der Waals surface area contributed by atoms with Gasteiger partial charge in [-0.25, -0.2) is 18.0 Å². The summed E-state index contributed by atoms with van der Waals surface area (Å²) in [4.78, 5) is 28.6. The molecule has 1 aromatic heterocycles. The molecule has 2 aromatic carbocycles.